The molecule has 0 aromatic rings. The van der Waals surface area contributed by atoms with Crippen molar-refractivity contribution < 1.29 is 24.6 Å². The van der Waals surface area contributed by atoms with E-state index in [4.69, 9.17) is 10.2 Å². The second-order valence-corrected chi connectivity index (χ2v) is 3.64. The zero-order chi connectivity index (χ0) is 13.4. The molecular weight excluding hydrogens is 230 g/mol. The number of hydrogen-bond donors (Lipinski definition) is 5. The van der Waals surface area contributed by atoms with E-state index in [1.165, 1.54) is 0 Å². The number of urea groups is 1. The fourth-order valence-corrected chi connectivity index (χ4v) is 0.873. The van der Waals surface area contributed by atoms with Crippen LogP contribution >= 0.6 is 0 Å². The lowest BCUT2D eigenvalue weighted by atomic mass is 10.3. The van der Waals surface area contributed by atoms with Gasteiger partial charge in [0.2, 0.25) is 5.91 Å². The largest absolute Gasteiger partial charge is 0.479 e. The number of nitrogens with one attached hydrogen (secondary N) is 3. The van der Waals surface area contributed by atoms with Crippen molar-refractivity contribution in [2.75, 3.05) is 13.1 Å². The molecule has 98 valence electrons. The second kappa shape index (κ2) is 7.44. The van der Waals surface area contributed by atoms with Crippen LogP contribution in [0.4, 0.5) is 4.79 Å². The van der Waals surface area contributed by atoms with Crippen molar-refractivity contribution in [1.29, 1.82) is 0 Å². The van der Waals surface area contributed by atoms with Crippen LogP contribution in [0, 0.1) is 0 Å². The third-order valence-corrected chi connectivity index (χ3v) is 1.60. The molecule has 1 atom stereocenters. The van der Waals surface area contributed by atoms with Gasteiger partial charge in [0.15, 0.2) is 6.10 Å². The molecule has 5 N–H and O–H groups in total. The Bertz CT molecular complexity index is 292. The summed E-state index contributed by atoms with van der Waals surface area (Å²) in [6, 6.07) is -0.745. The molecule has 0 spiro atoms. The summed E-state index contributed by atoms with van der Waals surface area (Å²) in [6.07, 6.45) is -1.66. The first kappa shape index (κ1) is 15.2. The Morgan fingerprint density at radius 1 is 1.18 bits per heavy atom. The topological polar surface area (TPSA) is 128 Å². The van der Waals surface area contributed by atoms with Crippen LogP contribution in [0.5, 0.6) is 0 Å². The molecule has 0 aliphatic carbocycles. The first-order chi connectivity index (χ1) is 7.82. The molecule has 0 aliphatic heterocycles. The van der Waals surface area contributed by atoms with Crippen molar-refractivity contribution in [2.45, 2.75) is 26.0 Å². The molecule has 0 saturated carbocycles. The molecule has 0 radical (unpaired) electrons. The molecule has 0 rings (SSSR count). The smallest absolute Gasteiger partial charge is 0.334 e. The molecular formula is C9H17N3O5. The molecule has 8 heteroatoms. The molecule has 0 fully saturated rings. The standard InChI is InChI=1S/C9H17N3O5/c1-5(2)12-7(14)4-11-9(17)10-3-6(13)8(15)16/h5-6,13H,3-4H2,1-2H3,(H,12,14)(H,15,16)(H2,10,11,17). The number of aliphatic carboxylic acids is 1. The normalized spacial score (nSPS) is 11.8. The third-order valence-electron chi connectivity index (χ3n) is 1.60. The Kier molecular flexibility index (Phi) is 6.64. The van der Waals surface area contributed by atoms with Crippen LogP contribution in [0.15, 0.2) is 0 Å². The number of hydrogen-bond acceptors (Lipinski definition) is 4. The molecule has 1 unspecified atom stereocenters. The molecule has 0 aliphatic rings. The minimum Gasteiger partial charge on any atom is -0.479 e. The SMILES string of the molecule is CC(C)NC(=O)CNC(=O)NCC(O)C(=O)O. The summed E-state index contributed by atoms with van der Waals surface area (Å²) < 4.78 is 0. The highest BCUT2D eigenvalue weighted by atomic mass is 16.4. The quantitative estimate of drug-likeness (QED) is 0.380. The predicted molar refractivity (Wildman–Crippen MR) is 58.3 cm³/mol. The molecule has 8 nitrogen and oxygen atoms in total. The van der Waals surface area contributed by atoms with E-state index in [0.29, 0.717) is 0 Å². The number of rotatable bonds is 6. The van der Waals surface area contributed by atoms with Crippen molar-refractivity contribution in [3.63, 3.8) is 0 Å². The Labute approximate surface area is 98.4 Å². The highest BCUT2D eigenvalue weighted by molar-refractivity contribution is 5.84. The summed E-state index contributed by atoms with van der Waals surface area (Å²) in [5.74, 6) is -1.78. The zero-order valence-corrected chi connectivity index (χ0v) is 9.69. The highest BCUT2D eigenvalue weighted by Crippen LogP contribution is 1.80. The van der Waals surface area contributed by atoms with Gasteiger partial charge in [-0.1, -0.05) is 0 Å². The van der Waals surface area contributed by atoms with E-state index in [1.807, 2.05) is 0 Å². The second-order valence-electron chi connectivity index (χ2n) is 3.64. The molecule has 0 heterocycles. The van der Waals surface area contributed by atoms with E-state index in [0.717, 1.165) is 0 Å². The molecule has 0 saturated heterocycles. The zero-order valence-electron chi connectivity index (χ0n) is 9.69. The Hall–Kier alpha value is -1.83. The van der Waals surface area contributed by atoms with Gasteiger partial charge in [0.25, 0.3) is 0 Å². The van der Waals surface area contributed by atoms with Gasteiger partial charge in [0, 0.05) is 6.04 Å². The molecule has 0 aromatic carbocycles. The lowest BCUT2D eigenvalue weighted by Crippen LogP contribution is -2.46. The van der Waals surface area contributed by atoms with Crippen LogP contribution < -0.4 is 16.0 Å². The Balaban J connectivity index is 3.73. The van der Waals surface area contributed by atoms with Gasteiger partial charge in [-0.25, -0.2) is 9.59 Å². The summed E-state index contributed by atoms with van der Waals surface area (Å²) in [6.45, 7) is 2.92. The van der Waals surface area contributed by atoms with Gasteiger partial charge in [0.05, 0.1) is 13.1 Å². The maximum absolute atomic E-state index is 11.1. The van der Waals surface area contributed by atoms with Crippen LogP contribution in [0.1, 0.15) is 13.8 Å². The van der Waals surface area contributed by atoms with E-state index in [2.05, 4.69) is 16.0 Å². The maximum Gasteiger partial charge on any atom is 0.334 e. The van der Waals surface area contributed by atoms with Gasteiger partial charge in [-0.3, -0.25) is 4.79 Å². The molecule has 3 amide bonds. The summed E-state index contributed by atoms with van der Waals surface area (Å²) in [4.78, 5) is 32.4. The number of carbonyl (C=O) groups excluding carboxylic acids is 2. The van der Waals surface area contributed by atoms with E-state index in [9.17, 15) is 14.4 Å². The number of amides is 3. The summed E-state index contributed by atoms with van der Waals surface area (Å²) in [7, 11) is 0. The predicted octanol–water partition coefficient (Wildman–Crippen LogP) is -1.74. The number of carbonyl (C=O) groups is 3. The van der Waals surface area contributed by atoms with E-state index < -0.39 is 24.6 Å². The van der Waals surface area contributed by atoms with Crippen molar-refractivity contribution in [2.24, 2.45) is 0 Å². The van der Waals surface area contributed by atoms with Gasteiger partial charge in [-0.05, 0) is 13.8 Å². The average Bonchev–Trinajstić information content (AvgIpc) is 2.21. The Morgan fingerprint density at radius 2 is 1.76 bits per heavy atom. The average molecular weight is 247 g/mol. The Morgan fingerprint density at radius 3 is 2.24 bits per heavy atom. The minimum atomic E-state index is -1.66. The first-order valence-corrected chi connectivity index (χ1v) is 5.05. The van der Waals surface area contributed by atoms with E-state index >= 15 is 0 Å². The first-order valence-electron chi connectivity index (χ1n) is 5.05. The number of aliphatic hydroxyl groups excluding tert-OH is 1. The van der Waals surface area contributed by atoms with Crippen molar-refractivity contribution in [1.82, 2.24) is 16.0 Å². The van der Waals surface area contributed by atoms with Crippen LogP contribution in [0.3, 0.4) is 0 Å². The summed E-state index contributed by atoms with van der Waals surface area (Å²) in [5, 5.41) is 24.1. The molecule has 17 heavy (non-hydrogen) atoms. The van der Waals surface area contributed by atoms with Crippen molar-refractivity contribution in [3.8, 4) is 0 Å². The van der Waals surface area contributed by atoms with Gasteiger partial charge in [-0.2, -0.15) is 0 Å². The van der Waals surface area contributed by atoms with Crippen LogP contribution in [-0.4, -0.2) is 53.4 Å². The fourth-order valence-electron chi connectivity index (χ4n) is 0.873. The van der Waals surface area contributed by atoms with Gasteiger partial charge >= 0.3 is 12.0 Å². The monoisotopic (exact) mass is 247 g/mol. The van der Waals surface area contributed by atoms with Crippen molar-refractivity contribution >= 4 is 17.9 Å². The number of aliphatic hydroxyl groups is 1. The van der Waals surface area contributed by atoms with E-state index in [1.54, 1.807) is 13.8 Å². The minimum absolute atomic E-state index is 0.0267. The van der Waals surface area contributed by atoms with E-state index in [-0.39, 0.29) is 18.5 Å². The third kappa shape index (κ3) is 8.03. The number of carboxylic acid groups (broad SMARTS) is 1. The lowest BCUT2D eigenvalue weighted by Gasteiger charge is -2.11. The van der Waals surface area contributed by atoms with Gasteiger partial charge in [-0.15, -0.1) is 0 Å². The maximum atomic E-state index is 11.1. The van der Waals surface area contributed by atoms with Crippen LogP contribution in [0.2, 0.25) is 0 Å². The summed E-state index contributed by atoms with van der Waals surface area (Å²) in [5.41, 5.74) is 0. The van der Waals surface area contributed by atoms with Gasteiger partial charge in [0.1, 0.15) is 0 Å². The lowest BCUT2D eigenvalue weighted by molar-refractivity contribution is -0.146. The van der Waals surface area contributed by atoms with Crippen LogP contribution in [-0.2, 0) is 9.59 Å². The molecule has 0 bridgehead atoms. The number of carboxylic acids is 1. The van der Waals surface area contributed by atoms with Crippen LogP contribution in [0.25, 0.3) is 0 Å². The summed E-state index contributed by atoms with van der Waals surface area (Å²) >= 11 is 0. The molecule has 0 aromatic heterocycles. The van der Waals surface area contributed by atoms with Crippen molar-refractivity contribution in [3.05, 3.63) is 0 Å². The fraction of sp³-hybridized carbons (Fsp3) is 0.667. The highest BCUT2D eigenvalue weighted by Gasteiger charge is 2.14. The van der Waals surface area contributed by atoms with Gasteiger partial charge < -0.3 is 26.2 Å².